The van der Waals surface area contributed by atoms with Crippen LogP contribution >= 0.6 is 11.3 Å². The summed E-state index contributed by atoms with van der Waals surface area (Å²) in [6.45, 7) is 6.12. The molecule has 20 heavy (non-hydrogen) atoms. The summed E-state index contributed by atoms with van der Waals surface area (Å²) in [5, 5.41) is 9.98. The number of ether oxygens (including phenoxy) is 1. The van der Waals surface area contributed by atoms with Gasteiger partial charge in [-0.15, -0.1) is 11.3 Å². The molecule has 2 heterocycles. The second-order valence-corrected chi connectivity index (χ2v) is 6.31. The molecular formula is C14H22N4OS. The highest BCUT2D eigenvalue weighted by molar-refractivity contribution is 7.11. The summed E-state index contributed by atoms with van der Waals surface area (Å²) >= 11 is 1.66. The van der Waals surface area contributed by atoms with Gasteiger partial charge in [-0.05, 0) is 7.05 Å². The maximum absolute atomic E-state index is 8.86. The number of nitriles is 1. The van der Waals surface area contributed by atoms with Gasteiger partial charge in [0.1, 0.15) is 0 Å². The van der Waals surface area contributed by atoms with Crippen LogP contribution in [-0.2, 0) is 24.2 Å². The van der Waals surface area contributed by atoms with Crippen molar-refractivity contribution >= 4 is 11.3 Å². The lowest BCUT2D eigenvalue weighted by Crippen LogP contribution is -2.45. The highest BCUT2D eigenvalue weighted by atomic mass is 32.1. The van der Waals surface area contributed by atoms with Crippen LogP contribution in [-0.4, -0.2) is 61.7 Å². The van der Waals surface area contributed by atoms with Crippen LogP contribution in [0.5, 0.6) is 0 Å². The Balaban J connectivity index is 1.89. The lowest BCUT2D eigenvalue weighted by Gasteiger charge is -2.32. The summed E-state index contributed by atoms with van der Waals surface area (Å²) in [5.41, 5.74) is 0.937. The van der Waals surface area contributed by atoms with Crippen molar-refractivity contribution in [3.05, 3.63) is 15.6 Å². The van der Waals surface area contributed by atoms with Gasteiger partial charge in [0, 0.05) is 51.1 Å². The predicted octanol–water partition coefficient (Wildman–Crippen LogP) is 1.15. The van der Waals surface area contributed by atoms with Crippen LogP contribution < -0.4 is 0 Å². The van der Waals surface area contributed by atoms with Crippen LogP contribution in [0.3, 0.4) is 0 Å². The maximum Gasteiger partial charge on any atom is 0.0945 e. The molecule has 6 heteroatoms. The lowest BCUT2D eigenvalue weighted by atomic mass is 10.3. The summed E-state index contributed by atoms with van der Waals surface area (Å²) in [7, 11) is 3.84. The van der Waals surface area contributed by atoms with E-state index >= 15 is 0 Å². The first-order valence-corrected chi connectivity index (χ1v) is 7.79. The number of aromatic nitrogens is 1. The number of likely N-dealkylation sites (N-methyl/N-ethyl adjacent to an activating group) is 1. The number of methoxy groups -OCH3 is 1. The average Bonchev–Trinajstić information content (AvgIpc) is 2.82. The fraction of sp³-hybridized carbons (Fsp3) is 0.714. The summed E-state index contributed by atoms with van der Waals surface area (Å²) < 4.78 is 5.15. The summed E-state index contributed by atoms with van der Waals surface area (Å²) in [6.07, 6.45) is 1.40. The molecule has 1 aliphatic heterocycles. The summed E-state index contributed by atoms with van der Waals surface area (Å²) in [6, 6.07) is 2.21. The van der Waals surface area contributed by atoms with Crippen molar-refractivity contribution in [1.29, 1.82) is 5.26 Å². The van der Waals surface area contributed by atoms with E-state index < -0.39 is 0 Å². The minimum atomic E-state index is 0.435. The molecule has 110 valence electrons. The first-order chi connectivity index (χ1) is 9.72. The molecule has 1 aromatic heterocycles. The first-order valence-electron chi connectivity index (χ1n) is 6.97. The molecule has 0 radical (unpaired) electrons. The van der Waals surface area contributed by atoms with Gasteiger partial charge in [-0.2, -0.15) is 5.26 Å². The van der Waals surface area contributed by atoms with Crippen molar-refractivity contribution in [2.24, 2.45) is 0 Å². The van der Waals surface area contributed by atoms with E-state index in [4.69, 9.17) is 10.00 Å². The largest absolute Gasteiger partial charge is 0.378 e. The normalized spacial score (nSPS) is 17.2. The second kappa shape index (κ2) is 7.70. The molecule has 0 unspecified atom stereocenters. The van der Waals surface area contributed by atoms with Gasteiger partial charge in [-0.25, -0.2) is 4.98 Å². The van der Waals surface area contributed by atoms with Crippen molar-refractivity contribution in [3.8, 4) is 6.07 Å². The van der Waals surface area contributed by atoms with E-state index in [1.165, 1.54) is 0 Å². The monoisotopic (exact) mass is 294 g/mol. The molecule has 1 saturated heterocycles. The Hall–Kier alpha value is -1.00. The van der Waals surface area contributed by atoms with E-state index in [2.05, 4.69) is 27.9 Å². The second-order valence-electron chi connectivity index (χ2n) is 5.14. The van der Waals surface area contributed by atoms with Gasteiger partial charge >= 0.3 is 0 Å². The van der Waals surface area contributed by atoms with Crippen LogP contribution in [0.25, 0.3) is 0 Å². The number of piperazine rings is 1. The van der Waals surface area contributed by atoms with Gasteiger partial charge in [0.05, 0.1) is 29.8 Å². The molecule has 0 N–H and O–H groups in total. The van der Waals surface area contributed by atoms with Crippen LogP contribution in [0.15, 0.2) is 0 Å². The Bertz CT molecular complexity index is 460. The third-order valence-electron chi connectivity index (χ3n) is 3.58. The fourth-order valence-electron chi connectivity index (χ4n) is 2.33. The van der Waals surface area contributed by atoms with Crippen LogP contribution in [0.4, 0.5) is 0 Å². The lowest BCUT2D eigenvalue weighted by molar-refractivity contribution is 0.155. The molecule has 1 fully saturated rings. The van der Waals surface area contributed by atoms with Gasteiger partial charge < -0.3 is 14.5 Å². The number of nitrogens with zero attached hydrogens (tertiary/aromatic N) is 4. The van der Waals surface area contributed by atoms with Gasteiger partial charge in [-0.1, -0.05) is 0 Å². The zero-order valence-corrected chi connectivity index (χ0v) is 13.1. The SMILES string of the molecule is COCc1nc(CCN2CCN(C)CC2)sc1CC#N. The predicted molar refractivity (Wildman–Crippen MR) is 79.8 cm³/mol. The Morgan fingerprint density at radius 2 is 2.10 bits per heavy atom. The first kappa shape index (κ1) is 15.4. The molecule has 0 spiro atoms. The highest BCUT2D eigenvalue weighted by Crippen LogP contribution is 2.20. The fourth-order valence-corrected chi connectivity index (χ4v) is 3.32. The van der Waals surface area contributed by atoms with Crippen molar-refractivity contribution < 1.29 is 4.74 Å². The van der Waals surface area contributed by atoms with Crippen molar-refractivity contribution in [2.75, 3.05) is 46.9 Å². The Morgan fingerprint density at radius 3 is 2.75 bits per heavy atom. The van der Waals surface area contributed by atoms with E-state index in [1.54, 1.807) is 18.4 Å². The minimum absolute atomic E-state index is 0.435. The Labute approximate surface area is 124 Å². The third kappa shape index (κ3) is 4.25. The number of hydrogen-bond donors (Lipinski definition) is 0. The molecule has 0 amide bonds. The molecule has 0 aromatic carbocycles. The van der Waals surface area contributed by atoms with Gasteiger partial charge in [-0.3, -0.25) is 0 Å². The van der Waals surface area contributed by atoms with Crippen LogP contribution in [0.1, 0.15) is 15.6 Å². The number of rotatable bonds is 6. The number of hydrogen-bond acceptors (Lipinski definition) is 6. The van der Waals surface area contributed by atoms with E-state index in [0.717, 1.165) is 54.7 Å². The van der Waals surface area contributed by atoms with Gasteiger partial charge in [0.25, 0.3) is 0 Å². The zero-order valence-electron chi connectivity index (χ0n) is 12.3. The molecule has 2 rings (SSSR count). The van der Waals surface area contributed by atoms with E-state index in [-0.39, 0.29) is 0 Å². The highest BCUT2D eigenvalue weighted by Gasteiger charge is 2.15. The number of thiazole rings is 1. The standard InChI is InChI=1S/C14H22N4OS/c1-17-7-9-18(10-8-17)6-4-14-16-12(11-19-2)13(20-14)3-5-15/h3-4,6-11H2,1-2H3. The Morgan fingerprint density at radius 1 is 1.35 bits per heavy atom. The quantitative estimate of drug-likeness (QED) is 0.787. The van der Waals surface area contributed by atoms with Crippen LogP contribution in [0, 0.1) is 11.3 Å². The topological polar surface area (TPSA) is 52.4 Å². The molecular weight excluding hydrogens is 272 g/mol. The molecule has 1 aliphatic rings. The van der Waals surface area contributed by atoms with Crippen LogP contribution in [0.2, 0.25) is 0 Å². The molecule has 5 nitrogen and oxygen atoms in total. The van der Waals surface area contributed by atoms with Crippen molar-refractivity contribution in [3.63, 3.8) is 0 Å². The summed E-state index contributed by atoms with van der Waals surface area (Å²) in [4.78, 5) is 10.5. The zero-order chi connectivity index (χ0) is 14.4. The van der Waals surface area contributed by atoms with Crippen molar-refractivity contribution in [2.45, 2.75) is 19.4 Å². The third-order valence-corrected chi connectivity index (χ3v) is 4.74. The van der Waals surface area contributed by atoms with Crippen molar-refractivity contribution in [1.82, 2.24) is 14.8 Å². The molecule has 1 aromatic rings. The average molecular weight is 294 g/mol. The van der Waals surface area contributed by atoms with E-state index in [1.807, 2.05) is 0 Å². The summed E-state index contributed by atoms with van der Waals surface area (Å²) in [5.74, 6) is 0. The van der Waals surface area contributed by atoms with E-state index in [9.17, 15) is 0 Å². The molecule has 0 saturated carbocycles. The molecule has 0 atom stereocenters. The smallest absolute Gasteiger partial charge is 0.0945 e. The minimum Gasteiger partial charge on any atom is -0.378 e. The van der Waals surface area contributed by atoms with Gasteiger partial charge in [0.15, 0.2) is 0 Å². The van der Waals surface area contributed by atoms with Gasteiger partial charge in [0.2, 0.25) is 0 Å². The Kier molecular flexibility index (Phi) is 5.92. The maximum atomic E-state index is 8.86. The molecule has 0 aliphatic carbocycles. The molecule has 0 bridgehead atoms. The van der Waals surface area contributed by atoms with E-state index in [0.29, 0.717) is 13.0 Å².